The molecule has 0 fully saturated rings. The molecule has 1 aliphatic rings. The minimum Gasteiger partial charge on any atom is -0.435 e. The number of benzene rings is 2. The number of carbonyl (C=O) groups is 1. The molecule has 0 aliphatic carbocycles. The molecule has 1 heterocycles. The SMILES string of the molecule is CN1C(=O)C(c2ccc(OC(F)F)cc2)N=C1c1cccc(CCC=C(F)F)c1. The number of carbonyl (C=O) groups excluding carboxylic acids is 1. The number of likely N-dealkylation sites (N-methyl/N-ethyl adjacent to an activating group) is 1. The summed E-state index contributed by atoms with van der Waals surface area (Å²) in [5.41, 5.74) is 2.10. The highest BCUT2D eigenvalue weighted by Crippen LogP contribution is 2.29. The number of aliphatic imine (C=N–C) groups is 1. The summed E-state index contributed by atoms with van der Waals surface area (Å²) in [6.45, 7) is -2.92. The van der Waals surface area contributed by atoms with Crippen LogP contribution in [0.25, 0.3) is 0 Å². The zero-order chi connectivity index (χ0) is 21.0. The zero-order valence-electron chi connectivity index (χ0n) is 15.5. The van der Waals surface area contributed by atoms with Crippen LogP contribution < -0.4 is 4.74 Å². The quantitative estimate of drug-likeness (QED) is 0.610. The lowest BCUT2D eigenvalue weighted by Crippen LogP contribution is -2.29. The molecule has 3 rings (SSSR count). The second kappa shape index (κ2) is 8.89. The molecule has 152 valence electrons. The van der Waals surface area contributed by atoms with Gasteiger partial charge in [0, 0.05) is 12.6 Å². The summed E-state index contributed by atoms with van der Waals surface area (Å²) < 4.78 is 53.3. The van der Waals surface area contributed by atoms with Crippen molar-refractivity contribution < 1.29 is 27.1 Å². The number of aryl methyl sites for hydroxylation is 1. The van der Waals surface area contributed by atoms with E-state index in [0.717, 1.165) is 11.6 Å². The molecule has 0 saturated heterocycles. The summed E-state index contributed by atoms with van der Waals surface area (Å²) in [6.07, 6.45) is -0.194. The van der Waals surface area contributed by atoms with Gasteiger partial charge in [0.15, 0.2) is 6.04 Å². The Balaban J connectivity index is 1.81. The molecule has 2 aromatic carbocycles. The van der Waals surface area contributed by atoms with Crippen LogP contribution >= 0.6 is 0 Å². The third-order valence-corrected chi connectivity index (χ3v) is 4.47. The summed E-state index contributed by atoms with van der Waals surface area (Å²) in [4.78, 5) is 18.6. The molecule has 1 aliphatic heterocycles. The Morgan fingerprint density at radius 3 is 2.59 bits per heavy atom. The van der Waals surface area contributed by atoms with Crippen LogP contribution in [0.2, 0.25) is 0 Å². The van der Waals surface area contributed by atoms with Gasteiger partial charge in [-0.25, -0.2) is 4.99 Å². The lowest BCUT2D eigenvalue weighted by molar-refractivity contribution is -0.126. The van der Waals surface area contributed by atoms with Crippen molar-refractivity contribution >= 4 is 11.7 Å². The highest BCUT2D eigenvalue weighted by atomic mass is 19.3. The van der Waals surface area contributed by atoms with Crippen molar-refractivity contribution in [1.82, 2.24) is 4.90 Å². The van der Waals surface area contributed by atoms with E-state index < -0.39 is 18.7 Å². The summed E-state index contributed by atoms with van der Waals surface area (Å²) in [6, 6.07) is 12.2. The van der Waals surface area contributed by atoms with Crippen molar-refractivity contribution in [2.24, 2.45) is 4.99 Å². The lowest BCUT2D eigenvalue weighted by atomic mass is 10.1. The molecule has 0 N–H and O–H groups in total. The molecule has 1 unspecified atom stereocenters. The molecule has 0 aromatic heterocycles. The molecule has 0 spiro atoms. The molecule has 0 radical (unpaired) electrons. The average Bonchev–Trinajstić information content (AvgIpc) is 2.97. The first-order chi connectivity index (χ1) is 13.8. The van der Waals surface area contributed by atoms with E-state index in [4.69, 9.17) is 0 Å². The van der Waals surface area contributed by atoms with Crippen LogP contribution in [0.1, 0.15) is 29.2 Å². The predicted octanol–water partition coefficient (Wildman–Crippen LogP) is 4.96. The monoisotopic (exact) mass is 406 g/mol. The molecule has 4 nitrogen and oxygen atoms in total. The van der Waals surface area contributed by atoms with Gasteiger partial charge in [0.2, 0.25) is 0 Å². The van der Waals surface area contributed by atoms with Crippen LogP contribution in [0.5, 0.6) is 5.75 Å². The van der Waals surface area contributed by atoms with E-state index in [1.54, 1.807) is 19.2 Å². The van der Waals surface area contributed by atoms with E-state index in [1.165, 1.54) is 29.2 Å². The van der Waals surface area contributed by atoms with Crippen LogP contribution in [0.15, 0.2) is 65.7 Å². The van der Waals surface area contributed by atoms with E-state index in [0.29, 0.717) is 23.4 Å². The van der Waals surface area contributed by atoms with Crippen molar-refractivity contribution in [3.8, 4) is 5.75 Å². The minimum atomic E-state index is -2.92. The van der Waals surface area contributed by atoms with Crippen LogP contribution in [0.4, 0.5) is 17.6 Å². The van der Waals surface area contributed by atoms with Crippen molar-refractivity contribution in [1.29, 1.82) is 0 Å². The number of amidine groups is 1. The van der Waals surface area contributed by atoms with Crippen LogP contribution in [-0.4, -0.2) is 30.3 Å². The fraction of sp³-hybridized carbons (Fsp3) is 0.238. The van der Waals surface area contributed by atoms with Crippen LogP contribution in [-0.2, 0) is 11.2 Å². The maximum Gasteiger partial charge on any atom is 0.387 e. The van der Waals surface area contributed by atoms with E-state index in [2.05, 4.69) is 9.73 Å². The van der Waals surface area contributed by atoms with Gasteiger partial charge in [-0.1, -0.05) is 30.3 Å². The summed E-state index contributed by atoms with van der Waals surface area (Å²) >= 11 is 0. The zero-order valence-corrected chi connectivity index (χ0v) is 15.5. The molecule has 29 heavy (non-hydrogen) atoms. The Morgan fingerprint density at radius 1 is 1.21 bits per heavy atom. The standard InChI is InChI=1S/C21H18F4N2O2/c1-27-19(15-6-2-4-13(12-15)5-3-7-17(22)23)26-18(20(27)28)14-8-10-16(11-9-14)29-21(24)25/h2,4,6-12,18,21H,3,5H2,1H3. The Labute approximate surface area is 165 Å². The number of hydrogen-bond donors (Lipinski definition) is 0. The summed E-state index contributed by atoms with van der Waals surface area (Å²) in [5, 5.41) is 0. The first kappa shape index (κ1) is 20.6. The van der Waals surface area contributed by atoms with Gasteiger partial charge in [0.05, 0.1) is 0 Å². The van der Waals surface area contributed by atoms with Gasteiger partial charge in [0.25, 0.3) is 12.0 Å². The van der Waals surface area contributed by atoms with Gasteiger partial charge in [-0.2, -0.15) is 17.6 Å². The van der Waals surface area contributed by atoms with Crippen LogP contribution in [0.3, 0.4) is 0 Å². The fourth-order valence-electron chi connectivity index (χ4n) is 3.08. The Hall–Kier alpha value is -3.16. The molecule has 1 atom stereocenters. The smallest absolute Gasteiger partial charge is 0.387 e. The molecular weight excluding hydrogens is 388 g/mol. The van der Waals surface area contributed by atoms with E-state index in [9.17, 15) is 22.4 Å². The number of hydrogen-bond acceptors (Lipinski definition) is 3. The second-order valence-corrected chi connectivity index (χ2v) is 6.43. The second-order valence-electron chi connectivity index (χ2n) is 6.43. The van der Waals surface area contributed by atoms with Gasteiger partial charge in [0.1, 0.15) is 11.6 Å². The molecule has 0 bridgehead atoms. The minimum absolute atomic E-state index is 0.00165. The fourth-order valence-corrected chi connectivity index (χ4v) is 3.08. The van der Waals surface area contributed by atoms with Gasteiger partial charge in [-0.05, 0) is 48.2 Å². The number of nitrogens with zero attached hydrogens (tertiary/aromatic N) is 2. The van der Waals surface area contributed by atoms with E-state index in [1.807, 2.05) is 12.1 Å². The molecule has 8 heteroatoms. The largest absolute Gasteiger partial charge is 0.435 e. The molecule has 1 amide bonds. The topological polar surface area (TPSA) is 41.9 Å². The average molecular weight is 406 g/mol. The number of allylic oxidation sites excluding steroid dienone is 1. The Morgan fingerprint density at radius 2 is 1.93 bits per heavy atom. The number of rotatable bonds is 7. The highest BCUT2D eigenvalue weighted by molar-refractivity contribution is 6.13. The third kappa shape index (κ3) is 5.01. The van der Waals surface area contributed by atoms with Gasteiger partial charge >= 0.3 is 6.61 Å². The number of alkyl halides is 2. The Kier molecular flexibility index (Phi) is 6.31. The Bertz CT molecular complexity index is 938. The molecule has 0 saturated carbocycles. The first-order valence-electron chi connectivity index (χ1n) is 8.86. The van der Waals surface area contributed by atoms with Gasteiger partial charge in [-0.15, -0.1) is 0 Å². The molecular formula is C21H18F4N2O2. The van der Waals surface area contributed by atoms with Crippen molar-refractivity contribution in [2.45, 2.75) is 25.5 Å². The van der Waals surface area contributed by atoms with E-state index >= 15 is 0 Å². The van der Waals surface area contributed by atoms with Crippen molar-refractivity contribution in [2.75, 3.05) is 7.05 Å². The molecule has 2 aromatic rings. The van der Waals surface area contributed by atoms with Gasteiger partial charge in [-0.3, -0.25) is 9.69 Å². The number of amides is 1. The van der Waals surface area contributed by atoms with Crippen molar-refractivity contribution in [3.63, 3.8) is 0 Å². The van der Waals surface area contributed by atoms with Crippen LogP contribution in [0, 0.1) is 0 Å². The van der Waals surface area contributed by atoms with E-state index in [-0.39, 0.29) is 18.1 Å². The van der Waals surface area contributed by atoms with Crippen molar-refractivity contribution in [3.05, 3.63) is 77.4 Å². The normalized spacial score (nSPS) is 16.2. The predicted molar refractivity (Wildman–Crippen MR) is 100 cm³/mol. The lowest BCUT2D eigenvalue weighted by Gasteiger charge is -2.14. The number of ether oxygens (including phenoxy) is 1. The van der Waals surface area contributed by atoms with Gasteiger partial charge < -0.3 is 4.74 Å². The number of halogens is 4. The highest BCUT2D eigenvalue weighted by Gasteiger charge is 2.33. The first-order valence-corrected chi connectivity index (χ1v) is 8.86. The third-order valence-electron chi connectivity index (χ3n) is 4.47. The maximum absolute atomic E-state index is 12.7. The summed E-state index contributed by atoms with van der Waals surface area (Å²) in [5.74, 6) is 0.204. The summed E-state index contributed by atoms with van der Waals surface area (Å²) in [7, 11) is 1.60. The maximum atomic E-state index is 12.7.